The number of rotatable bonds is 5. The molecule has 0 saturated heterocycles. The number of aliphatic carboxylic acids is 1. The topological polar surface area (TPSA) is 70.3 Å². The monoisotopic (exact) mass is 279 g/mol. The van der Waals surface area contributed by atoms with Crippen LogP contribution >= 0.6 is 0 Å². The van der Waals surface area contributed by atoms with Crippen LogP contribution in [-0.4, -0.2) is 11.1 Å². The summed E-state index contributed by atoms with van der Waals surface area (Å²) in [5.74, 6) is -0.294. The van der Waals surface area contributed by atoms with Crippen LogP contribution in [0.2, 0.25) is 0 Å². The molecule has 0 spiro atoms. The molecule has 21 heavy (non-hydrogen) atoms. The molecule has 0 heterocycles. The first kappa shape index (κ1) is 14.4. The van der Waals surface area contributed by atoms with Gasteiger partial charge in [-0.3, -0.25) is 0 Å². The zero-order chi connectivity index (χ0) is 15.1. The molecule has 0 bridgehead atoms. The predicted octanol–water partition coefficient (Wildman–Crippen LogP) is 3.24. The third-order valence-corrected chi connectivity index (χ3v) is 2.76. The normalized spacial score (nSPS) is 10.2. The molecule has 4 nitrogen and oxygen atoms in total. The van der Waals surface area contributed by atoms with Crippen LogP contribution in [0, 0.1) is 11.3 Å². The van der Waals surface area contributed by atoms with E-state index in [1.54, 1.807) is 36.4 Å². The van der Waals surface area contributed by atoms with Gasteiger partial charge in [-0.2, -0.15) is 5.26 Å². The zero-order valence-corrected chi connectivity index (χ0v) is 11.2. The summed E-state index contributed by atoms with van der Waals surface area (Å²) in [4.78, 5) is 10.4. The SMILES string of the molecule is N#Cc1cccc(COc2ccc(/C=C/C(=O)O)cc2)c1. The highest BCUT2D eigenvalue weighted by Crippen LogP contribution is 2.15. The molecule has 0 aliphatic heterocycles. The van der Waals surface area contributed by atoms with Crippen molar-refractivity contribution in [3.63, 3.8) is 0 Å². The molecule has 4 heteroatoms. The van der Waals surface area contributed by atoms with Crippen molar-refractivity contribution in [3.05, 3.63) is 71.3 Å². The lowest BCUT2D eigenvalue weighted by Crippen LogP contribution is -1.95. The van der Waals surface area contributed by atoms with Crippen LogP contribution in [0.4, 0.5) is 0 Å². The Labute approximate surface area is 122 Å². The Morgan fingerprint density at radius 2 is 2.00 bits per heavy atom. The van der Waals surface area contributed by atoms with Gasteiger partial charge in [-0.15, -0.1) is 0 Å². The molecule has 0 unspecified atom stereocenters. The Balaban J connectivity index is 1.97. The molecule has 1 N–H and O–H groups in total. The van der Waals surface area contributed by atoms with Crippen molar-refractivity contribution in [1.29, 1.82) is 5.26 Å². The number of carboxylic acid groups (broad SMARTS) is 1. The van der Waals surface area contributed by atoms with E-state index in [4.69, 9.17) is 15.1 Å². The number of carboxylic acids is 1. The minimum absolute atomic E-state index is 0.375. The van der Waals surface area contributed by atoms with Crippen LogP contribution in [0.3, 0.4) is 0 Å². The second-order valence-electron chi connectivity index (χ2n) is 4.34. The second-order valence-corrected chi connectivity index (χ2v) is 4.34. The summed E-state index contributed by atoms with van der Waals surface area (Å²) in [5.41, 5.74) is 2.31. The zero-order valence-electron chi connectivity index (χ0n) is 11.2. The molecule has 0 saturated carbocycles. The third-order valence-electron chi connectivity index (χ3n) is 2.76. The van der Waals surface area contributed by atoms with E-state index < -0.39 is 5.97 Å². The van der Waals surface area contributed by atoms with Gasteiger partial charge in [0.05, 0.1) is 11.6 Å². The second kappa shape index (κ2) is 6.92. The minimum atomic E-state index is -0.979. The van der Waals surface area contributed by atoms with Gasteiger partial charge >= 0.3 is 5.97 Å². The van der Waals surface area contributed by atoms with E-state index in [-0.39, 0.29) is 0 Å². The predicted molar refractivity (Wildman–Crippen MR) is 78.6 cm³/mol. The van der Waals surface area contributed by atoms with Gasteiger partial charge in [-0.25, -0.2) is 4.79 Å². The number of hydrogen-bond donors (Lipinski definition) is 1. The first-order chi connectivity index (χ1) is 10.2. The van der Waals surface area contributed by atoms with Crippen molar-refractivity contribution < 1.29 is 14.6 Å². The average Bonchev–Trinajstić information content (AvgIpc) is 2.52. The van der Waals surface area contributed by atoms with Gasteiger partial charge in [-0.05, 0) is 41.5 Å². The van der Waals surface area contributed by atoms with Gasteiger partial charge in [0.1, 0.15) is 12.4 Å². The van der Waals surface area contributed by atoms with Crippen LogP contribution in [-0.2, 0) is 11.4 Å². The lowest BCUT2D eigenvalue weighted by atomic mass is 10.1. The maximum absolute atomic E-state index is 10.4. The molecule has 2 aromatic rings. The quantitative estimate of drug-likeness (QED) is 0.853. The fourth-order valence-electron chi connectivity index (χ4n) is 1.74. The molecule has 0 aliphatic rings. The van der Waals surface area contributed by atoms with E-state index >= 15 is 0 Å². The summed E-state index contributed by atoms with van der Waals surface area (Å²) >= 11 is 0. The number of benzene rings is 2. The minimum Gasteiger partial charge on any atom is -0.489 e. The van der Waals surface area contributed by atoms with Crippen molar-refractivity contribution in [2.24, 2.45) is 0 Å². The molecule has 0 radical (unpaired) electrons. The molecular weight excluding hydrogens is 266 g/mol. The number of nitriles is 1. The molecule has 0 atom stereocenters. The molecule has 0 fully saturated rings. The first-order valence-electron chi connectivity index (χ1n) is 6.30. The highest BCUT2D eigenvalue weighted by molar-refractivity contribution is 5.85. The molecule has 0 aromatic heterocycles. The number of carbonyl (C=O) groups is 1. The van der Waals surface area contributed by atoms with E-state index in [0.717, 1.165) is 17.2 Å². The maximum Gasteiger partial charge on any atom is 0.328 e. The lowest BCUT2D eigenvalue weighted by molar-refractivity contribution is -0.131. The molecule has 0 amide bonds. The van der Waals surface area contributed by atoms with Crippen molar-refractivity contribution >= 4 is 12.0 Å². The largest absolute Gasteiger partial charge is 0.489 e. The van der Waals surface area contributed by atoms with Crippen molar-refractivity contribution in [1.82, 2.24) is 0 Å². The Morgan fingerprint density at radius 1 is 1.24 bits per heavy atom. The molecule has 104 valence electrons. The Kier molecular flexibility index (Phi) is 4.73. The van der Waals surface area contributed by atoms with E-state index in [2.05, 4.69) is 6.07 Å². The lowest BCUT2D eigenvalue weighted by Gasteiger charge is -2.06. The molecule has 0 aliphatic carbocycles. The molecule has 2 aromatic carbocycles. The van der Waals surface area contributed by atoms with Gasteiger partial charge in [0.2, 0.25) is 0 Å². The number of ether oxygens (including phenoxy) is 1. The van der Waals surface area contributed by atoms with Crippen LogP contribution in [0.15, 0.2) is 54.6 Å². The molecule has 2 rings (SSSR count). The summed E-state index contributed by atoms with van der Waals surface area (Å²) in [6.07, 6.45) is 2.60. The smallest absolute Gasteiger partial charge is 0.328 e. The standard InChI is InChI=1S/C17H13NO3/c18-11-14-2-1-3-15(10-14)12-21-16-7-4-13(5-8-16)6-9-17(19)20/h1-10H,12H2,(H,19,20)/b9-6+. The van der Waals surface area contributed by atoms with E-state index in [1.807, 2.05) is 12.1 Å². The van der Waals surface area contributed by atoms with Crippen LogP contribution in [0.25, 0.3) is 6.08 Å². The van der Waals surface area contributed by atoms with E-state index in [1.165, 1.54) is 6.08 Å². The number of nitrogens with zero attached hydrogens (tertiary/aromatic N) is 1. The molecular formula is C17H13NO3. The third kappa shape index (κ3) is 4.51. The van der Waals surface area contributed by atoms with E-state index in [0.29, 0.717) is 17.9 Å². The summed E-state index contributed by atoms with van der Waals surface area (Å²) in [7, 11) is 0. The van der Waals surface area contributed by atoms with Gasteiger partial charge in [0.15, 0.2) is 0 Å². The summed E-state index contributed by atoms with van der Waals surface area (Å²) in [5, 5.41) is 17.4. The van der Waals surface area contributed by atoms with Gasteiger partial charge in [0.25, 0.3) is 0 Å². The Bertz CT molecular complexity index is 697. The van der Waals surface area contributed by atoms with Gasteiger partial charge in [-0.1, -0.05) is 24.3 Å². The van der Waals surface area contributed by atoms with Crippen molar-refractivity contribution in [2.75, 3.05) is 0 Å². The summed E-state index contributed by atoms with van der Waals surface area (Å²) < 4.78 is 5.62. The summed E-state index contributed by atoms with van der Waals surface area (Å²) in [6.45, 7) is 0.375. The van der Waals surface area contributed by atoms with Crippen LogP contribution < -0.4 is 4.74 Å². The Morgan fingerprint density at radius 3 is 2.67 bits per heavy atom. The fraction of sp³-hybridized carbons (Fsp3) is 0.0588. The highest BCUT2D eigenvalue weighted by atomic mass is 16.5. The van der Waals surface area contributed by atoms with Crippen LogP contribution in [0.1, 0.15) is 16.7 Å². The van der Waals surface area contributed by atoms with Gasteiger partial charge < -0.3 is 9.84 Å². The Hall–Kier alpha value is -3.06. The van der Waals surface area contributed by atoms with Gasteiger partial charge in [0, 0.05) is 6.08 Å². The summed E-state index contributed by atoms with van der Waals surface area (Å²) in [6, 6.07) is 16.4. The highest BCUT2D eigenvalue weighted by Gasteiger charge is 1.98. The van der Waals surface area contributed by atoms with Crippen molar-refractivity contribution in [3.8, 4) is 11.8 Å². The van der Waals surface area contributed by atoms with Crippen LogP contribution in [0.5, 0.6) is 5.75 Å². The first-order valence-corrected chi connectivity index (χ1v) is 6.30. The fourth-order valence-corrected chi connectivity index (χ4v) is 1.74. The average molecular weight is 279 g/mol. The maximum atomic E-state index is 10.4. The number of hydrogen-bond acceptors (Lipinski definition) is 3. The van der Waals surface area contributed by atoms with Crippen molar-refractivity contribution in [2.45, 2.75) is 6.61 Å². The van der Waals surface area contributed by atoms with E-state index in [9.17, 15) is 4.79 Å².